The number of amides is 1. The lowest BCUT2D eigenvalue weighted by molar-refractivity contribution is -0.124. The number of carbonyl (C=O) groups excluding carboxylic acids is 1. The van der Waals surface area contributed by atoms with E-state index in [0.29, 0.717) is 5.57 Å². The predicted octanol–water partition coefficient (Wildman–Crippen LogP) is 1.57. The van der Waals surface area contributed by atoms with E-state index in [2.05, 4.69) is 6.58 Å². The van der Waals surface area contributed by atoms with Crippen LogP contribution in [0.1, 0.15) is 13.3 Å². The van der Waals surface area contributed by atoms with Crippen LogP contribution in [-0.2, 0) is 4.79 Å². The lowest BCUT2D eigenvalue weighted by atomic mass is 10.2. The van der Waals surface area contributed by atoms with Crippen molar-refractivity contribution in [3.8, 4) is 0 Å². The molecule has 0 rings (SSSR count). The molecule has 0 aliphatic carbocycles. The maximum absolute atomic E-state index is 10.9. The third kappa shape index (κ3) is 3.73. The third-order valence-corrected chi connectivity index (χ3v) is 1.20. The molecule has 0 bridgehead atoms. The highest BCUT2D eigenvalue weighted by atomic mass is 16.5. The Hall–Kier alpha value is -1.35. The van der Waals surface area contributed by atoms with E-state index in [1.807, 2.05) is 6.92 Å². The molecule has 0 saturated heterocycles. The number of hydrogen-bond donors (Lipinski definition) is 2. The van der Waals surface area contributed by atoms with Crippen LogP contribution in [0.3, 0.4) is 0 Å². The van der Waals surface area contributed by atoms with Gasteiger partial charge in [0.05, 0.1) is 0 Å². The van der Waals surface area contributed by atoms with Crippen molar-refractivity contribution in [1.82, 2.24) is 5.48 Å². The second-order valence-corrected chi connectivity index (χ2v) is 2.10. The molecule has 0 aliphatic rings. The zero-order chi connectivity index (χ0) is 9.40. The molecular formula is C9H13NO2. The average Bonchev–Trinajstić information content (AvgIpc) is 2.11. The summed E-state index contributed by atoms with van der Waals surface area (Å²) in [5.74, 6) is -0.505. The van der Waals surface area contributed by atoms with Gasteiger partial charge >= 0.3 is 0 Å². The predicted molar refractivity (Wildman–Crippen MR) is 47.6 cm³/mol. The molecule has 0 saturated carbocycles. The number of rotatable bonds is 4. The van der Waals surface area contributed by atoms with E-state index < -0.39 is 5.91 Å². The third-order valence-electron chi connectivity index (χ3n) is 1.20. The largest absolute Gasteiger partial charge is 0.288 e. The smallest absolute Gasteiger partial charge is 0.274 e. The van der Waals surface area contributed by atoms with Crippen LogP contribution in [0, 0.1) is 0 Å². The van der Waals surface area contributed by atoms with Crippen LogP contribution in [0.4, 0.5) is 0 Å². The van der Waals surface area contributed by atoms with Crippen molar-refractivity contribution in [2.75, 3.05) is 0 Å². The van der Waals surface area contributed by atoms with Crippen molar-refractivity contribution in [3.05, 3.63) is 36.5 Å². The first-order chi connectivity index (χ1) is 5.76. The van der Waals surface area contributed by atoms with Gasteiger partial charge in [0.25, 0.3) is 5.91 Å². The number of allylic oxidation sites excluding steroid dienone is 3. The standard InChI is InChI=1S/C9H13NO2/c1-3-5-7-8(6-4-2)9(11)10-12/h3,5-7,12H,1,4H2,2H3,(H,10,11)/b7-5-,8-6+. The summed E-state index contributed by atoms with van der Waals surface area (Å²) in [7, 11) is 0. The summed E-state index contributed by atoms with van der Waals surface area (Å²) in [6.45, 7) is 5.38. The van der Waals surface area contributed by atoms with Gasteiger partial charge in [-0.2, -0.15) is 0 Å². The normalized spacial score (nSPS) is 11.7. The maximum atomic E-state index is 10.9. The zero-order valence-corrected chi connectivity index (χ0v) is 7.08. The molecule has 3 nitrogen and oxygen atoms in total. The Labute approximate surface area is 72.0 Å². The molecule has 12 heavy (non-hydrogen) atoms. The highest BCUT2D eigenvalue weighted by Crippen LogP contribution is 1.99. The first-order valence-electron chi connectivity index (χ1n) is 3.70. The van der Waals surface area contributed by atoms with Crippen LogP contribution in [0.5, 0.6) is 0 Å². The molecule has 66 valence electrons. The molecule has 1 amide bonds. The monoisotopic (exact) mass is 167 g/mol. The fraction of sp³-hybridized carbons (Fsp3) is 0.222. The lowest BCUT2D eigenvalue weighted by Crippen LogP contribution is -2.19. The van der Waals surface area contributed by atoms with E-state index in [1.54, 1.807) is 29.8 Å². The van der Waals surface area contributed by atoms with Gasteiger partial charge in [-0.1, -0.05) is 31.7 Å². The number of hydrogen-bond acceptors (Lipinski definition) is 2. The van der Waals surface area contributed by atoms with Gasteiger partial charge < -0.3 is 0 Å². The minimum Gasteiger partial charge on any atom is -0.288 e. The molecule has 0 aromatic heterocycles. The van der Waals surface area contributed by atoms with Crippen LogP contribution in [0.25, 0.3) is 0 Å². The summed E-state index contributed by atoms with van der Waals surface area (Å²) in [4.78, 5) is 10.9. The van der Waals surface area contributed by atoms with Crippen molar-refractivity contribution in [2.45, 2.75) is 13.3 Å². The highest BCUT2D eigenvalue weighted by molar-refractivity contribution is 5.95. The number of carbonyl (C=O) groups is 1. The van der Waals surface area contributed by atoms with Gasteiger partial charge in [0.15, 0.2) is 0 Å². The molecule has 0 aliphatic heterocycles. The van der Waals surface area contributed by atoms with Gasteiger partial charge in [0.1, 0.15) is 0 Å². The molecule has 0 unspecified atom stereocenters. The molecule has 0 atom stereocenters. The topological polar surface area (TPSA) is 49.3 Å². The van der Waals surface area contributed by atoms with Gasteiger partial charge in [-0.3, -0.25) is 10.0 Å². The minimum atomic E-state index is -0.505. The summed E-state index contributed by atoms with van der Waals surface area (Å²) in [5.41, 5.74) is 2.00. The summed E-state index contributed by atoms with van der Waals surface area (Å²) >= 11 is 0. The van der Waals surface area contributed by atoms with Crippen LogP contribution in [-0.4, -0.2) is 11.1 Å². The highest BCUT2D eigenvalue weighted by Gasteiger charge is 2.01. The Morgan fingerprint density at radius 2 is 2.33 bits per heavy atom. The van der Waals surface area contributed by atoms with Crippen molar-refractivity contribution in [2.24, 2.45) is 0 Å². The van der Waals surface area contributed by atoms with Gasteiger partial charge in [0, 0.05) is 5.57 Å². The molecule has 0 aromatic rings. The van der Waals surface area contributed by atoms with Crippen molar-refractivity contribution >= 4 is 5.91 Å². The molecule has 0 fully saturated rings. The van der Waals surface area contributed by atoms with Gasteiger partial charge in [0.2, 0.25) is 0 Å². The Morgan fingerprint density at radius 3 is 2.75 bits per heavy atom. The van der Waals surface area contributed by atoms with Crippen LogP contribution >= 0.6 is 0 Å². The fourth-order valence-corrected chi connectivity index (χ4v) is 0.693. The van der Waals surface area contributed by atoms with E-state index in [1.165, 1.54) is 0 Å². The number of nitrogens with one attached hydrogen (secondary N) is 1. The Balaban J connectivity index is 4.44. The Bertz CT molecular complexity index is 217. The molecule has 0 spiro atoms. The summed E-state index contributed by atoms with van der Waals surface area (Å²) in [6, 6.07) is 0. The lowest BCUT2D eigenvalue weighted by Gasteiger charge is -1.97. The van der Waals surface area contributed by atoms with Gasteiger partial charge in [-0.15, -0.1) is 0 Å². The first kappa shape index (κ1) is 10.7. The summed E-state index contributed by atoms with van der Waals surface area (Å²) in [5, 5.41) is 8.33. The second-order valence-electron chi connectivity index (χ2n) is 2.10. The fourth-order valence-electron chi connectivity index (χ4n) is 0.693. The van der Waals surface area contributed by atoms with Crippen molar-refractivity contribution in [3.63, 3.8) is 0 Å². The van der Waals surface area contributed by atoms with Crippen LogP contribution in [0.2, 0.25) is 0 Å². The molecule has 2 N–H and O–H groups in total. The summed E-state index contributed by atoms with van der Waals surface area (Å²) < 4.78 is 0. The quantitative estimate of drug-likeness (QED) is 0.289. The van der Waals surface area contributed by atoms with Crippen LogP contribution in [0.15, 0.2) is 36.5 Å². The van der Waals surface area contributed by atoms with E-state index in [9.17, 15) is 4.79 Å². The minimum absolute atomic E-state index is 0.430. The van der Waals surface area contributed by atoms with Crippen molar-refractivity contribution < 1.29 is 10.0 Å². The Morgan fingerprint density at radius 1 is 1.67 bits per heavy atom. The second kappa shape index (κ2) is 6.37. The van der Waals surface area contributed by atoms with E-state index >= 15 is 0 Å². The average molecular weight is 167 g/mol. The molecule has 0 aromatic carbocycles. The Kier molecular flexibility index (Phi) is 5.65. The molecule has 3 heteroatoms. The molecular weight excluding hydrogens is 154 g/mol. The first-order valence-corrected chi connectivity index (χ1v) is 3.70. The molecule has 0 heterocycles. The van der Waals surface area contributed by atoms with Gasteiger partial charge in [-0.05, 0) is 12.5 Å². The van der Waals surface area contributed by atoms with E-state index in [4.69, 9.17) is 5.21 Å². The number of hydroxylamine groups is 1. The summed E-state index contributed by atoms with van der Waals surface area (Å²) in [6.07, 6.45) is 7.24. The SMILES string of the molecule is C=C/C=C\C(=C/CC)C(=O)NO. The van der Waals surface area contributed by atoms with E-state index in [0.717, 1.165) is 6.42 Å². The zero-order valence-electron chi connectivity index (χ0n) is 7.08. The van der Waals surface area contributed by atoms with Crippen LogP contribution < -0.4 is 5.48 Å². The van der Waals surface area contributed by atoms with E-state index in [-0.39, 0.29) is 0 Å². The molecule has 0 radical (unpaired) electrons. The van der Waals surface area contributed by atoms with Crippen molar-refractivity contribution in [1.29, 1.82) is 0 Å². The maximum Gasteiger partial charge on any atom is 0.274 e. The van der Waals surface area contributed by atoms with Gasteiger partial charge in [-0.25, -0.2) is 5.48 Å².